The first-order valence-electron chi connectivity index (χ1n) is 9.23. The Morgan fingerprint density at radius 3 is 2.55 bits per heavy atom. The fourth-order valence-corrected chi connectivity index (χ4v) is 4.62. The zero-order valence-electron chi connectivity index (χ0n) is 15.4. The van der Waals surface area contributed by atoms with Crippen molar-refractivity contribution in [1.29, 1.82) is 0 Å². The highest BCUT2D eigenvalue weighted by molar-refractivity contribution is 5.26. The lowest BCUT2D eigenvalue weighted by molar-refractivity contribution is 0.225. The van der Waals surface area contributed by atoms with Gasteiger partial charge in [0.05, 0.1) is 6.04 Å². The Hall–Kier alpha value is -0.760. The first kappa shape index (κ1) is 17.6. The number of fused-ring (bicyclic) bond motifs is 1. The second-order valence-electron chi connectivity index (χ2n) is 7.75. The first-order valence-corrected chi connectivity index (χ1v) is 9.23. The topological polar surface area (TPSA) is 15.3 Å². The van der Waals surface area contributed by atoms with E-state index in [0.29, 0.717) is 17.5 Å². The number of nitrogens with one attached hydrogen (secondary N) is 1. The van der Waals surface area contributed by atoms with E-state index in [1.807, 2.05) is 0 Å². The average molecular weight is 305 g/mol. The summed E-state index contributed by atoms with van der Waals surface area (Å²) in [6, 6.07) is 0.903. The number of likely N-dealkylation sites (N-methyl/N-ethyl adjacent to an activating group) is 1. The number of hydrogen-bond acceptors (Lipinski definition) is 2. The van der Waals surface area contributed by atoms with Crippen LogP contribution in [0.4, 0.5) is 0 Å². The van der Waals surface area contributed by atoms with Crippen molar-refractivity contribution < 1.29 is 0 Å². The standard InChI is InChI=1S/C20H36N2/c1-8-11-12-17(14(4)9-2)21-15(5)19-18-16(13-22(19)7)20(18,6)10-3/h16-19,21H,4-5,8-13H2,1-3,6-7H3/t16-,17?,18-,19?,20?/m0/s1. The van der Waals surface area contributed by atoms with E-state index in [1.165, 1.54) is 43.5 Å². The molecule has 0 aromatic heterocycles. The lowest BCUT2D eigenvalue weighted by atomic mass is 9.94. The summed E-state index contributed by atoms with van der Waals surface area (Å²) < 4.78 is 0. The predicted molar refractivity (Wildman–Crippen MR) is 96.8 cm³/mol. The third-order valence-electron chi connectivity index (χ3n) is 6.50. The van der Waals surface area contributed by atoms with Crippen LogP contribution in [0, 0.1) is 17.3 Å². The molecule has 0 amide bonds. The van der Waals surface area contributed by atoms with E-state index >= 15 is 0 Å². The van der Waals surface area contributed by atoms with Gasteiger partial charge in [0.15, 0.2) is 0 Å². The van der Waals surface area contributed by atoms with Crippen LogP contribution in [0.3, 0.4) is 0 Å². The lowest BCUT2D eigenvalue weighted by Crippen LogP contribution is -2.42. The third-order valence-corrected chi connectivity index (χ3v) is 6.50. The van der Waals surface area contributed by atoms with Gasteiger partial charge < -0.3 is 5.32 Å². The van der Waals surface area contributed by atoms with E-state index in [1.54, 1.807) is 0 Å². The summed E-state index contributed by atoms with van der Waals surface area (Å²) in [4.78, 5) is 2.51. The van der Waals surface area contributed by atoms with Crippen LogP contribution < -0.4 is 5.32 Å². The van der Waals surface area contributed by atoms with Gasteiger partial charge >= 0.3 is 0 Å². The maximum absolute atomic E-state index is 4.43. The fourth-order valence-electron chi connectivity index (χ4n) is 4.62. The lowest BCUT2D eigenvalue weighted by Gasteiger charge is -2.33. The summed E-state index contributed by atoms with van der Waals surface area (Å²) in [5, 5.41) is 3.76. The quantitative estimate of drug-likeness (QED) is 0.627. The number of unbranched alkanes of at least 4 members (excludes halogenated alkanes) is 1. The van der Waals surface area contributed by atoms with Crippen LogP contribution >= 0.6 is 0 Å². The van der Waals surface area contributed by atoms with Crippen molar-refractivity contribution in [3.8, 4) is 0 Å². The summed E-state index contributed by atoms with van der Waals surface area (Å²) in [5.74, 6) is 1.67. The molecular formula is C20H36N2. The molecule has 1 saturated carbocycles. The van der Waals surface area contributed by atoms with Crippen LogP contribution in [0.25, 0.3) is 0 Å². The molecule has 126 valence electrons. The third kappa shape index (κ3) is 2.99. The minimum atomic E-state index is 0.400. The van der Waals surface area contributed by atoms with Gasteiger partial charge in [-0.2, -0.15) is 0 Å². The smallest absolute Gasteiger partial charge is 0.0523 e. The molecule has 0 aromatic rings. The van der Waals surface area contributed by atoms with Gasteiger partial charge in [-0.3, -0.25) is 4.90 Å². The zero-order chi connectivity index (χ0) is 16.5. The number of hydrogen-bond donors (Lipinski definition) is 1. The minimum absolute atomic E-state index is 0.400. The molecule has 1 heterocycles. The van der Waals surface area contributed by atoms with E-state index in [9.17, 15) is 0 Å². The summed E-state index contributed by atoms with van der Waals surface area (Å²) in [7, 11) is 2.26. The Morgan fingerprint density at radius 1 is 1.32 bits per heavy atom. The SMILES string of the molecule is C=C(CC)C(CCCC)NC(=C)C1[C@@H]2[C@H](CN1C)C2(C)CC. The predicted octanol–water partition coefficient (Wildman–Crippen LogP) is 4.59. The Morgan fingerprint density at radius 2 is 2.00 bits per heavy atom. The summed E-state index contributed by atoms with van der Waals surface area (Å²) >= 11 is 0. The molecule has 0 aromatic carbocycles. The van der Waals surface area contributed by atoms with Gasteiger partial charge in [-0.1, -0.05) is 65.7 Å². The molecule has 2 aliphatic rings. The Labute approximate surface area is 138 Å². The van der Waals surface area contributed by atoms with Crippen molar-refractivity contribution in [3.63, 3.8) is 0 Å². The van der Waals surface area contributed by atoms with Crippen LogP contribution in [-0.4, -0.2) is 30.6 Å². The molecule has 22 heavy (non-hydrogen) atoms. The molecule has 2 heteroatoms. The maximum atomic E-state index is 4.43. The van der Waals surface area contributed by atoms with Crippen LogP contribution in [0.5, 0.6) is 0 Å². The molecule has 2 rings (SSSR count). The normalized spacial score (nSPS) is 35.0. The molecular weight excluding hydrogens is 268 g/mol. The number of nitrogens with zero attached hydrogens (tertiary/aromatic N) is 1. The summed E-state index contributed by atoms with van der Waals surface area (Å²) in [5.41, 5.74) is 3.09. The van der Waals surface area contributed by atoms with E-state index in [4.69, 9.17) is 0 Å². The average Bonchev–Trinajstić information content (AvgIpc) is 2.89. The Balaban J connectivity index is 2.02. The van der Waals surface area contributed by atoms with Gasteiger partial charge in [0.2, 0.25) is 0 Å². The van der Waals surface area contributed by atoms with E-state index in [0.717, 1.165) is 18.3 Å². The van der Waals surface area contributed by atoms with Gasteiger partial charge in [-0.05, 0) is 37.1 Å². The van der Waals surface area contributed by atoms with Crippen molar-refractivity contribution in [2.24, 2.45) is 17.3 Å². The molecule has 0 spiro atoms. The Bertz CT molecular complexity index is 427. The van der Waals surface area contributed by atoms with Gasteiger partial charge in [0.25, 0.3) is 0 Å². The van der Waals surface area contributed by atoms with Crippen molar-refractivity contribution >= 4 is 0 Å². The number of piperidine rings is 1. The van der Waals surface area contributed by atoms with E-state index in [2.05, 4.69) is 58.1 Å². The molecule has 0 radical (unpaired) electrons. The summed E-state index contributed by atoms with van der Waals surface area (Å²) in [6.07, 6.45) is 6.01. The molecule has 2 fully saturated rings. The van der Waals surface area contributed by atoms with Crippen LogP contribution in [0.15, 0.2) is 24.4 Å². The van der Waals surface area contributed by atoms with E-state index < -0.39 is 0 Å². The highest BCUT2D eigenvalue weighted by Gasteiger charge is 2.67. The van der Waals surface area contributed by atoms with Crippen LogP contribution in [-0.2, 0) is 0 Å². The number of likely N-dealkylation sites (tertiary alicyclic amines) is 1. The van der Waals surface area contributed by atoms with Crippen LogP contribution in [0.1, 0.15) is 59.8 Å². The molecule has 1 aliphatic heterocycles. The zero-order valence-corrected chi connectivity index (χ0v) is 15.4. The molecule has 1 N–H and O–H groups in total. The van der Waals surface area contributed by atoms with Crippen molar-refractivity contribution in [2.75, 3.05) is 13.6 Å². The Kier molecular flexibility index (Phi) is 5.42. The van der Waals surface area contributed by atoms with Crippen molar-refractivity contribution in [3.05, 3.63) is 24.4 Å². The second-order valence-corrected chi connectivity index (χ2v) is 7.75. The van der Waals surface area contributed by atoms with Crippen molar-refractivity contribution in [2.45, 2.75) is 71.9 Å². The van der Waals surface area contributed by atoms with E-state index in [-0.39, 0.29) is 0 Å². The molecule has 5 atom stereocenters. The van der Waals surface area contributed by atoms with Gasteiger partial charge in [-0.15, -0.1) is 0 Å². The molecule has 2 nitrogen and oxygen atoms in total. The number of rotatable bonds is 9. The molecule has 1 saturated heterocycles. The van der Waals surface area contributed by atoms with Crippen molar-refractivity contribution in [1.82, 2.24) is 10.2 Å². The minimum Gasteiger partial charge on any atom is -0.381 e. The fraction of sp³-hybridized carbons (Fsp3) is 0.800. The first-order chi connectivity index (χ1) is 10.4. The highest BCUT2D eigenvalue weighted by atomic mass is 15.2. The molecule has 1 aliphatic carbocycles. The monoisotopic (exact) mass is 304 g/mol. The van der Waals surface area contributed by atoms with Gasteiger partial charge in [0, 0.05) is 18.3 Å². The highest BCUT2D eigenvalue weighted by Crippen LogP contribution is 2.67. The van der Waals surface area contributed by atoms with Gasteiger partial charge in [-0.25, -0.2) is 0 Å². The second kappa shape index (κ2) is 6.78. The molecule has 3 unspecified atom stereocenters. The largest absolute Gasteiger partial charge is 0.381 e. The molecule has 0 bridgehead atoms. The summed E-state index contributed by atoms with van der Waals surface area (Å²) in [6.45, 7) is 19.2. The van der Waals surface area contributed by atoms with Gasteiger partial charge in [0.1, 0.15) is 0 Å². The maximum Gasteiger partial charge on any atom is 0.0523 e. The van der Waals surface area contributed by atoms with Crippen LogP contribution in [0.2, 0.25) is 0 Å².